The van der Waals surface area contributed by atoms with Gasteiger partial charge in [-0.25, -0.2) is 13.8 Å². The molecule has 2 aromatic rings. The van der Waals surface area contributed by atoms with Crippen LogP contribution in [0, 0.1) is 0 Å². The highest BCUT2D eigenvalue weighted by atomic mass is 31.2. The van der Waals surface area contributed by atoms with Crippen molar-refractivity contribution in [2.45, 2.75) is 82.2 Å². The van der Waals surface area contributed by atoms with Crippen molar-refractivity contribution in [3.63, 3.8) is 0 Å². The normalized spacial score (nSPS) is 27.9. The number of nitrogens with zero attached hydrogens (tertiary/aromatic N) is 1. The van der Waals surface area contributed by atoms with Crippen molar-refractivity contribution < 1.29 is 37.4 Å². The topological polar surface area (TPSA) is 158 Å². The Hall–Kier alpha value is -2.83. The van der Waals surface area contributed by atoms with Crippen molar-refractivity contribution in [2.24, 2.45) is 0 Å². The van der Waals surface area contributed by atoms with Gasteiger partial charge >= 0.3 is 19.4 Å². The van der Waals surface area contributed by atoms with Crippen molar-refractivity contribution in [1.29, 1.82) is 0 Å². The molecule has 0 radical (unpaired) electrons. The molecule has 0 spiro atoms. The number of aliphatic hydroxyl groups excluding tert-OH is 1. The maximum absolute atomic E-state index is 15.5. The number of alkyl halides is 1. The molecule has 0 amide bonds. The highest BCUT2D eigenvalue weighted by Gasteiger charge is 2.56. The smallest absolute Gasteiger partial charge is 0.459 e. The van der Waals surface area contributed by atoms with Crippen LogP contribution in [0.1, 0.15) is 52.2 Å². The van der Waals surface area contributed by atoms with Crippen LogP contribution in [0.15, 0.2) is 52.2 Å². The number of carbonyl (C=O) groups excluding carboxylic acids is 1. The largest absolute Gasteiger partial charge is 0.461 e. The van der Waals surface area contributed by atoms with Crippen LogP contribution in [0.3, 0.4) is 0 Å². The molecular formula is C25H33FN3O9P. The predicted octanol–water partition coefficient (Wildman–Crippen LogP) is 2.58. The van der Waals surface area contributed by atoms with E-state index >= 15 is 4.39 Å². The SMILES string of the molecule is C[C@H](NP(=O)(OCC1OC(n2ccc(=O)[nH]c2=O)[C@](C)(F)[C@@H]1O)Oc1ccccc1)C(=O)OC1CCCCC1. The van der Waals surface area contributed by atoms with Crippen LogP contribution >= 0.6 is 7.75 Å². The first-order chi connectivity index (χ1) is 18.5. The number of aromatic nitrogens is 2. The number of carbonyl (C=O) groups is 1. The van der Waals surface area contributed by atoms with Gasteiger partial charge in [0.2, 0.25) is 0 Å². The fraction of sp³-hybridized carbons (Fsp3) is 0.560. The van der Waals surface area contributed by atoms with E-state index in [1.54, 1.807) is 18.2 Å². The molecule has 1 aliphatic heterocycles. The number of halogens is 1. The number of aromatic amines is 1. The molecule has 2 heterocycles. The van der Waals surface area contributed by atoms with E-state index < -0.39 is 61.7 Å². The number of para-hydroxylation sites is 1. The number of hydrogen-bond donors (Lipinski definition) is 3. The fourth-order valence-electron chi connectivity index (χ4n) is 4.58. The monoisotopic (exact) mass is 569 g/mol. The van der Waals surface area contributed by atoms with E-state index in [4.69, 9.17) is 18.5 Å². The van der Waals surface area contributed by atoms with Crippen LogP contribution in [0.25, 0.3) is 0 Å². The fourth-order valence-corrected chi connectivity index (χ4v) is 6.09. The van der Waals surface area contributed by atoms with Crippen molar-refractivity contribution in [3.05, 3.63) is 63.4 Å². The van der Waals surface area contributed by atoms with E-state index in [1.165, 1.54) is 19.1 Å². The van der Waals surface area contributed by atoms with E-state index in [0.29, 0.717) is 0 Å². The first-order valence-electron chi connectivity index (χ1n) is 12.8. The Bertz CT molecular complexity index is 1300. The van der Waals surface area contributed by atoms with E-state index in [-0.39, 0.29) is 11.9 Å². The zero-order chi connectivity index (χ0) is 28.2. The van der Waals surface area contributed by atoms with Crippen molar-refractivity contribution in [2.75, 3.05) is 6.61 Å². The lowest BCUT2D eigenvalue weighted by atomic mass is 9.98. The van der Waals surface area contributed by atoms with Gasteiger partial charge in [-0.1, -0.05) is 24.6 Å². The molecule has 2 aliphatic rings. The molecule has 4 rings (SSSR count). The maximum atomic E-state index is 15.5. The lowest BCUT2D eigenvalue weighted by Gasteiger charge is -2.27. The molecule has 1 saturated heterocycles. The molecule has 3 unspecified atom stereocenters. The molecule has 39 heavy (non-hydrogen) atoms. The van der Waals surface area contributed by atoms with E-state index in [2.05, 4.69) is 5.09 Å². The number of ether oxygens (including phenoxy) is 2. The minimum Gasteiger partial charge on any atom is -0.461 e. The van der Waals surface area contributed by atoms with Gasteiger partial charge in [-0.05, 0) is 51.7 Å². The summed E-state index contributed by atoms with van der Waals surface area (Å²) in [7, 11) is -4.31. The zero-order valence-corrected chi connectivity index (χ0v) is 22.6. The predicted molar refractivity (Wildman–Crippen MR) is 137 cm³/mol. The number of rotatable bonds is 10. The van der Waals surface area contributed by atoms with Gasteiger partial charge in [0.25, 0.3) is 5.56 Å². The maximum Gasteiger partial charge on any atom is 0.459 e. The third kappa shape index (κ3) is 7.03. The molecule has 3 N–H and O–H groups in total. The van der Waals surface area contributed by atoms with Gasteiger partial charge in [-0.15, -0.1) is 0 Å². The highest BCUT2D eigenvalue weighted by molar-refractivity contribution is 7.52. The second kappa shape index (κ2) is 12.1. The van der Waals surface area contributed by atoms with Gasteiger partial charge < -0.3 is 19.1 Å². The first kappa shape index (κ1) is 29.2. The molecule has 1 aromatic carbocycles. The third-order valence-corrected chi connectivity index (χ3v) is 8.38. The minimum atomic E-state index is -4.31. The average molecular weight is 570 g/mol. The molecule has 1 aliphatic carbocycles. The zero-order valence-electron chi connectivity index (χ0n) is 21.7. The van der Waals surface area contributed by atoms with Gasteiger partial charge in [0.05, 0.1) is 6.61 Å². The molecule has 214 valence electrons. The Labute approximate surface area is 224 Å². The number of benzene rings is 1. The lowest BCUT2D eigenvalue weighted by Crippen LogP contribution is -2.44. The van der Waals surface area contributed by atoms with E-state index in [0.717, 1.165) is 55.9 Å². The Morgan fingerprint density at radius 3 is 2.62 bits per heavy atom. The third-order valence-electron chi connectivity index (χ3n) is 6.74. The summed E-state index contributed by atoms with van der Waals surface area (Å²) in [5, 5.41) is 13.2. The summed E-state index contributed by atoms with van der Waals surface area (Å²) >= 11 is 0. The van der Waals surface area contributed by atoms with Crippen LogP contribution in [-0.2, 0) is 23.4 Å². The molecule has 0 bridgehead atoms. The quantitative estimate of drug-likeness (QED) is 0.287. The summed E-state index contributed by atoms with van der Waals surface area (Å²) in [4.78, 5) is 38.3. The summed E-state index contributed by atoms with van der Waals surface area (Å²) in [6.45, 7) is 1.85. The van der Waals surface area contributed by atoms with Gasteiger partial charge in [0.1, 0.15) is 30.1 Å². The number of nitrogens with one attached hydrogen (secondary N) is 2. The summed E-state index contributed by atoms with van der Waals surface area (Å²) < 4.78 is 52.4. The van der Waals surface area contributed by atoms with Crippen LogP contribution in [0.4, 0.5) is 4.39 Å². The molecule has 6 atom stereocenters. The Morgan fingerprint density at radius 2 is 1.95 bits per heavy atom. The van der Waals surface area contributed by atoms with Crippen molar-refractivity contribution >= 4 is 13.7 Å². The molecule has 1 aromatic heterocycles. The summed E-state index contributed by atoms with van der Waals surface area (Å²) in [5.41, 5.74) is -4.10. The first-order valence-corrected chi connectivity index (χ1v) is 14.3. The second-order valence-electron chi connectivity index (χ2n) is 9.89. The van der Waals surface area contributed by atoms with Gasteiger partial charge in [0.15, 0.2) is 11.9 Å². The number of hydrogen-bond acceptors (Lipinski definition) is 9. The van der Waals surface area contributed by atoms with Crippen LogP contribution in [0.5, 0.6) is 5.75 Å². The van der Waals surface area contributed by atoms with Crippen LogP contribution < -0.4 is 20.9 Å². The number of aliphatic hydroxyl groups is 1. The van der Waals surface area contributed by atoms with Gasteiger partial charge in [0, 0.05) is 12.3 Å². The van der Waals surface area contributed by atoms with E-state index in [1.807, 2.05) is 4.98 Å². The van der Waals surface area contributed by atoms with Gasteiger partial charge in [-0.2, -0.15) is 5.09 Å². The highest BCUT2D eigenvalue weighted by Crippen LogP contribution is 2.47. The number of esters is 1. The molecule has 12 nitrogen and oxygen atoms in total. The molecule has 14 heteroatoms. The van der Waals surface area contributed by atoms with Crippen LogP contribution in [-0.4, -0.2) is 57.3 Å². The molecule has 1 saturated carbocycles. The Balaban J connectivity index is 1.48. The minimum absolute atomic E-state index is 0.169. The summed E-state index contributed by atoms with van der Waals surface area (Å²) in [6.07, 6.45) is 0.537. The Morgan fingerprint density at radius 1 is 1.26 bits per heavy atom. The van der Waals surface area contributed by atoms with E-state index in [9.17, 15) is 24.1 Å². The second-order valence-corrected chi connectivity index (χ2v) is 11.6. The summed E-state index contributed by atoms with van der Waals surface area (Å²) in [6, 6.07) is 7.99. The van der Waals surface area contributed by atoms with Crippen molar-refractivity contribution in [3.8, 4) is 5.75 Å². The number of H-pyrrole nitrogens is 1. The summed E-state index contributed by atoms with van der Waals surface area (Å²) in [5.74, 6) is -0.463. The van der Waals surface area contributed by atoms with Gasteiger partial charge in [-0.3, -0.25) is 23.7 Å². The Kier molecular flexibility index (Phi) is 9.07. The standard InChI is InChI=1S/C25H33FN3O9P/c1-16(22(32)36-17-9-5-3-6-10-17)28-39(34,38-18-11-7-4-8-12-18)35-15-19-21(31)25(2,26)23(37-19)29-14-13-20(30)27-24(29)33/h4,7-8,11-14,16-17,19,21,23,31H,3,5-6,9-10,15H2,1-2H3,(H,28,34)(H,27,30,33)/t16-,19?,21+,23?,25+,39?/m0/s1. The molecular weight excluding hydrogens is 536 g/mol. The average Bonchev–Trinajstić information content (AvgIpc) is 3.12. The van der Waals surface area contributed by atoms with Crippen LogP contribution in [0.2, 0.25) is 0 Å². The van der Waals surface area contributed by atoms with Crippen molar-refractivity contribution in [1.82, 2.24) is 14.6 Å². The lowest BCUT2D eigenvalue weighted by molar-refractivity contribution is -0.152. The molecule has 2 fully saturated rings.